The highest BCUT2D eigenvalue weighted by molar-refractivity contribution is 5.78. The number of H-pyrrole nitrogens is 1. The molecule has 6 nitrogen and oxygen atoms in total. The number of ether oxygens (including phenoxy) is 1. The standard InChI is InChI=1S/C13H10F3N5O/c14-13(15,16)11(7-4-2-1-3-5-7)22-8-6-9(17)18-12-10(8)19-21-20-12/h1-6,11H,(H3,17,18,19,20,21). The molecule has 2 heterocycles. The van der Waals surface area contributed by atoms with Gasteiger partial charge in [-0.1, -0.05) is 35.5 Å². The van der Waals surface area contributed by atoms with E-state index >= 15 is 0 Å². The second-order valence-electron chi connectivity index (χ2n) is 4.50. The Hall–Kier alpha value is -2.84. The fraction of sp³-hybridized carbons (Fsp3) is 0.154. The Morgan fingerprint density at radius 3 is 2.59 bits per heavy atom. The first-order chi connectivity index (χ1) is 10.4. The van der Waals surface area contributed by atoms with E-state index in [0.717, 1.165) is 0 Å². The number of halogens is 3. The van der Waals surface area contributed by atoms with Crippen LogP contribution in [0.5, 0.6) is 5.75 Å². The molecular weight excluding hydrogens is 299 g/mol. The predicted octanol–water partition coefficient (Wildman–Crippen LogP) is 2.62. The molecule has 9 heteroatoms. The average Bonchev–Trinajstić information content (AvgIpc) is 2.92. The monoisotopic (exact) mass is 309 g/mol. The Balaban J connectivity index is 2.05. The Morgan fingerprint density at radius 1 is 1.18 bits per heavy atom. The van der Waals surface area contributed by atoms with Crippen LogP contribution in [0.15, 0.2) is 36.4 Å². The van der Waals surface area contributed by atoms with E-state index < -0.39 is 12.3 Å². The van der Waals surface area contributed by atoms with Crippen molar-refractivity contribution < 1.29 is 17.9 Å². The lowest BCUT2D eigenvalue weighted by atomic mass is 10.1. The van der Waals surface area contributed by atoms with Gasteiger partial charge in [-0.15, -0.1) is 5.10 Å². The number of nitrogen functional groups attached to an aromatic ring is 1. The van der Waals surface area contributed by atoms with Crippen LogP contribution < -0.4 is 10.5 Å². The van der Waals surface area contributed by atoms with Crippen LogP contribution in [0, 0.1) is 0 Å². The third-order valence-corrected chi connectivity index (χ3v) is 2.93. The van der Waals surface area contributed by atoms with E-state index in [4.69, 9.17) is 10.5 Å². The Morgan fingerprint density at radius 2 is 1.91 bits per heavy atom. The van der Waals surface area contributed by atoms with Gasteiger partial charge in [0, 0.05) is 11.6 Å². The second-order valence-corrected chi connectivity index (χ2v) is 4.50. The molecule has 0 saturated carbocycles. The lowest BCUT2D eigenvalue weighted by Crippen LogP contribution is -2.26. The molecule has 3 rings (SSSR count). The summed E-state index contributed by atoms with van der Waals surface area (Å²) >= 11 is 0. The Bertz CT molecular complexity index is 787. The third kappa shape index (κ3) is 2.65. The normalized spacial score (nSPS) is 13.2. The van der Waals surface area contributed by atoms with E-state index in [1.807, 2.05) is 0 Å². The molecule has 0 aliphatic carbocycles. The number of rotatable bonds is 3. The molecule has 0 aliphatic heterocycles. The summed E-state index contributed by atoms with van der Waals surface area (Å²) in [5.74, 6) is -0.134. The van der Waals surface area contributed by atoms with Gasteiger partial charge in [-0.05, 0) is 0 Å². The van der Waals surface area contributed by atoms with Crippen molar-refractivity contribution >= 4 is 17.0 Å². The molecule has 0 bridgehead atoms. The molecule has 0 spiro atoms. The van der Waals surface area contributed by atoms with E-state index in [1.54, 1.807) is 6.07 Å². The second kappa shape index (κ2) is 5.17. The lowest BCUT2D eigenvalue weighted by Gasteiger charge is -2.22. The van der Waals surface area contributed by atoms with E-state index in [-0.39, 0.29) is 28.3 Å². The van der Waals surface area contributed by atoms with E-state index in [0.29, 0.717) is 0 Å². The molecule has 1 aromatic carbocycles. The smallest absolute Gasteiger partial charge is 0.429 e. The SMILES string of the molecule is Nc1cc(OC(c2ccccc2)C(F)(F)F)c2nn[nH]c2n1. The van der Waals surface area contributed by atoms with Crippen molar-refractivity contribution in [1.82, 2.24) is 20.4 Å². The molecule has 3 aromatic rings. The van der Waals surface area contributed by atoms with Crippen molar-refractivity contribution in [2.24, 2.45) is 0 Å². The molecule has 0 radical (unpaired) electrons. The van der Waals surface area contributed by atoms with Crippen LogP contribution in [-0.4, -0.2) is 26.6 Å². The van der Waals surface area contributed by atoms with Gasteiger partial charge in [0.1, 0.15) is 5.82 Å². The van der Waals surface area contributed by atoms with Crippen LogP contribution in [0.4, 0.5) is 19.0 Å². The Labute approximate surface area is 122 Å². The van der Waals surface area contributed by atoms with Gasteiger partial charge in [0.15, 0.2) is 16.9 Å². The number of hydrogen-bond donors (Lipinski definition) is 2. The number of nitrogens with one attached hydrogen (secondary N) is 1. The lowest BCUT2D eigenvalue weighted by molar-refractivity contribution is -0.197. The molecule has 1 unspecified atom stereocenters. The minimum Gasteiger partial charge on any atom is -0.474 e. The van der Waals surface area contributed by atoms with Gasteiger partial charge in [0.05, 0.1) is 0 Å². The summed E-state index contributed by atoms with van der Waals surface area (Å²) in [6.45, 7) is 0. The molecule has 22 heavy (non-hydrogen) atoms. The number of alkyl halides is 3. The molecule has 3 N–H and O–H groups in total. The first-order valence-electron chi connectivity index (χ1n) is 6.21. The number of benzene rings is 1. The van der Waals surface area contributed by atoms with Crippen molar-refractivity contribution in [2.45, 2.75) is 12.3 Å². The van der Waals surface area contributed by atoms with Gasteiger partial charge in [-0.25, -0.2) is 10.1 Å². The summed E-state index contributed by atoms with van der Waals surface area (Å²) in [6.07, 6.45) is -6.74. The summed E-state index contributed by atoms with van der Waals surface area (Å²) in [7, 11) is 0. The molecule has 1 atom stereocenters. The largest absolute Gasteiger partial charge is 0.474 e. The third-order valence-electron chi connectivity index (χ3n) is 2.93. The van der Waals surface area contributed by atoms with Gasteiger partial charge in [0.2, 0.25) is 6.10 Å². The number of aromatic amines is 1. The zero-order chi connectivity index (χ0) is 15.7. The minimum absolute atomic E-state index is 0.00235. The van der Waals surface area contributed by atoms with Crippen molar-refractivity contribution in [3.8, 4) is 5.75 Å². The first kappa shape index (κ1) is 14.1. The number of aromatic nitrogens is 4. The van der Waals surface area contributed by atoms with Gasteiger partial charge in [-0.3, -0.25) is 0 Å². The van der Waals surface area contributed by atoms with Crippen molar-refractivity contribution in [1.29, 1.82) is 0 Å². The summed E-state index contributed by atoms with van der Waals surface area (Å²) in [5, 5.41) is 9.60. The molecule has 0 aliphatic rings. The summed E-state index contributed by atoms with van der Waals surface area (Å²) < 4.78 is 45.1. The first-order valence-corrected chi connectivity index (χ1v) is 6.21. The molecule has 0 fully saturated rings. The minimum atomic E-state index is -4.60. The van der Waals surface area contributed by atoms with Gasteiger partial charge in [-0.2, -0.15) is 13.2 Å². The predicted molar refractivity (Wildman–Crippen MR) is 72.0 cm³/mol. The zero-order valence-electron chi connectivity index (χ0n) is 11.0. The fourth-order valence-corrected chi connectivity index (χ4v) is 2.00. The molecular formula is C13H10F3N5O. The highest BCUT2D eigenvalue weighted by Gasteiger charge is 2.43. The van der Waals surface area contributed by atoms with Crippen molar-refractivity contribution in [3.05, 3.63) is 42.0 Å². The maximum Gasteiger partial charge on any atom is 0.429 e. The molecule has 2 aromatic heterocycles. The van der Waals surface area contributed by atoms with E-state index in [9.17, 15) is 13.2 Å². The number of nitrogens with two attached hydrogens (primary N) is 1. The number of anilines is 1. The van der Waals surface area contributed by atoms with Gasteiger partial charge >= 0.3 is 6.18 Å². The average molecular weight is 309 g/mol. The quantitative estimate of drug-likeness (QED) is 0.776. The maximum absolute atomic E-state index is 13.3. The van der Waals surface area contributed by atoms with E-state index in [2.05, 4.69) is 20.4 Å². The number of fused-ring (bicyclic) bond motifs is 1. The molecule has 0 saturated heterocycles. The van der Waals surface area contributed by atoms with Gasteiger partial charge < -0.3 is 10.5 Å². The van der Waals surface area contributed by atoms with Crippen LogP contribution in [0.2, 0.25) is 0 Å². The van der Waals surface area contributed by atoms with Crippen LogP contribution in [0.25, 0.3) is 11.2 Å². The summed E-state index contributed by atoms with van der Waals surface area (Å²) in [6, 6.07) is 8.49. The molecule has 0 amide bonds. The van der Waals surface area contributed by atoms with Crippen LogP contribution >= 0.6 is 0 Å². The molecule has 114 valence electrons. The number of hydrogen-bond acceptors (Lipinski definition) is 5. The van der Waals surface area contributed by atoms with Crippen molar-refractivity contribution in [2.75, 3.05) is 5.73 Å². The number of nitrogens with zero attached hydrogens (tertiary/aromatic N) is 3. The summed E-state index contributed by atoms with van der Waals surface area (Å²) in [5.41, 5.74) is 5.77. The topological polar surface area (TPSA) is 89.7 Å². The van der Waals surface area contributed by atoms with Gasteiger partial charge in [0.25, 0.3) is 0 Å². The fourth-order valence-electron chi connectivity index (χ4n) is 2.00. The van der Waals surface area contributed by atoms with Crippen LogP contribution in [-0.2, 0) is 0 Å². The Kier molecular flexibility index (Phi) is 3.32. The summed E-state index contributed by atoms with van der Waals surface area (Å²) in [4.78, 5) is 3.87. The van der Waals surface area contributed by atoms with Crippen LogP contribution in [0.3, 0.4) is 0 Å². The van der Waals surface area contributed by atoms with Crippen LogP contribution in [0.1, 0.15) is 11.7 Å². The van der Waals surface area contributed by atoms with Crippen molar-refractivity contribution in [3.63, 3.8) is 0 Å². The highest BCUT2D eigenvalue weighted by atomic mass is 19.4. The zero-order valence-corrected chi connectivity index (χ0v) is 11.0. The highest BCUT2D eigenvalue weighted by Crippen LogP contribution is 2.38. The number of pyridine rings is 1. The van der Waals surface area contributed by atoms with E-state index in [1.165, 1.54) is 30.3 Å². The maximum atomic E-state index is 13.3.